The van der Waals surface area contributed by atoms with Crippen molar-refractivity contribution in [3.63, 3.8) is 0 Å². The Morgan fingerprint density at radius 2 is 2.05 bits per heavy atom. The van der Waals surface area contributed by atoms with Crippen LogP contribution in [-0.2, 0) is 9.53 Å². The third-order valence-electron chi connectivity index (χ3n) is 3.54. The molecule has 1 aliphatic rings. The van der Waals surface area contributed by atoms with Crippen molar-refractivity contribution < 1.29 is 24.2 Å². The van der Waals surface area contributed by atoms with Gasteiger partial charge in [0.1, 0.15) is 17.3 Å². The van der Waals surface area contributed by atoms with Crippen LogP contribution in [0.2, 0.25) is 0 Å². The summed E-state index contributed by atoms with van der Waals surface area (Å²) in [6, 6.07) is 3.34. The fourth-order valence-electron chi connectivity index (χ4n) is 2.34. The lowest BCUT2D eigenvalue weighted by atomic mass is 9.79. The maximum absolute atomic E-state index is 12.6. The van der Waals surface area contributed by atoms with Gasteiger partial charge in [0, 0.05) is 4.47 Å². The molecule has 2 rings (SSSR count). The third-order valence-corrected chi connectivity index (χ3v) is 4.59. The van der Waals surface area contributed by atoms with Crippen LogP contribution in [0, 0.1) is 5.41 Å². The van der Waals surface area contributed by atoms with Crippen molar-refractivity contribution in [1.82, 2.24) is 0 Å². The largest absolute Gasteiger partial charge is 0.515 e. The van der Waals surface area contributed by atoms with Gasteiger partial charge in [0.05, 0.1) is 29.0 Å². The first-order valence-electron chi connectivity index (χ1n) is 6.37. The molecule has 1 aromatic rings. The SMILES string of the molecule is COC(=O)C(C)(C)C1Oc2c(Br)cc(Br)cc2C(=O)/C1=C/O. The molecule has 1 heterocycles. The predicted octanol–water partition coefficient (Wildman–Crippen LogP) is 3.80. The molecule has 0 amide bonds. The Labute approximate surface area is 144 Å². The average molecular weight is 434 g/mol. The number of fused-ring (bicyclic) bond motifs is 1. The number of ketones is 1. The number of aliphatic hydroxyl groups excluding tert-OH is 1. The number of halogens is 2. The van der Waals surface area contributed by atoms with Crippen molar-refractivity contribution in [3.8, 4) is 5.75 Å². The molecule has 0 aliphatic carbocycles. The van der Waals surface area contributed by atoms with E-state index in [4.69, 9.17) is 9.47 Å². The number of carbonyl (C=O) groups excluding carboxylic acids is 2. The standard InChI is InChI=1S/C15H14Br2O5/c1-15(2,14(20)21-3)13-9(6-18)11(19)8-4-7(16)5-10(17)12(8)22-13/h4-6,13,18H,1-3H3/b9-6-. The molecule has 1 N–H and O–H groups in total. The average Bonchev–Trinajstić information content (AvgIpc) is 2.46. The van der Waals surface area contributed by atoms with Gasteiger partial charge in [-0.1, -0.05) is 15.9 Å². The van der Waals surface area contributed by atoms with Crippen LogP contribution in [0.3, 0.4) is 0 Å². The van der Waals surface area contributed by atoms with Crippen LogP contribution in [-0.4, -0.2) is 30.1 Å². The van der Waals surface area contributed by atoms with Gasteiger partial charge >= 0.3 is 5.97 Å². The molecule has 0 saturated carbocycles. The van der Waals surface area contributed by atoms with Gasteiger partial charge in [-0.05, 0) is 41.9 Å². The Bertz CT molecular complexity index is 679. The number of ether oxygens (including phenoxy) is 2. The number of hydrogen-bond acceptors (Lipinski definition) is 5. The lowest BCUT2D eigenvalue weighted by Gasteiger charge is -2.36. The maximum Gasteiger partial charge on any atom is 0.315 e. The molecule has 1 aliphatic heterocycles. The van der Waals surface area contributed by atoms with E-state index in [1.54, 1.807) is 26.0 Å². The second-order valence-corrected chi connectivity index (χ2v) is 7.16. The number of aliphatic hydroxyl groups is 1. The van der Waals surface area contributed by atoms with E-state index < -0.39 is 23.3 Å². The van der Waals surface area contributed by atoms with E-state index in [0.29, 0.717) is 26.5 Å². The zero-order valence-corrected chi connectivity index (χ0v) is 15.3. The lowest BCUT2D eigenvalue weighted by molar-refractivity contribution is -0.155. The van der Waals surface area contributed by atoms with E-state index in [1.165, 1.54) is 7.11 Å². The molecule has 0 aromatic heterocycles. The molecule has 118 valence electrons. The number of methoxy groups -OCH3 is 1. The Morgan fingerprint density at radius 1 is 1.41 bits per heavy atom. The summed E-state index contributed by atoms with van der Waals surface area (Å²) in [5, 5.41) is 9.48. The summed E-state index contributed by atoms with van der Waals surface area (Å²) < 4.78 is 11.9. The molecule has 0 bridgehead atoms. The molecule has 0 radical (unpaired) electrons. The number of Topliss-reactive ketones (excluding diaryl/α,β-unsaturated/α-hetero) is 1. The van der Waals surface area contributed by atoms with Gasteiger partial charge in [-0.15, -0.1) is 0 Å². The van der Waals surface area contributed by atoms with Gasteiger partial charge in [-0.3, -0.25) is 9.59 Å². The van der Waals surface area contributed by atoms with E-state index in [1.807, 2.05) is 0 Å². The minimum atomic E-state index is -1.15. The molecule has 1 atom stereocenters. The van der Waals surface area contributed by atoms with E-state index in [2.05, 4.69) is 31.9 Å². The van der Waals surface area contributed by atoms with Crippen LogP contribution in [0.15, 0.2) is 32.9 Å². The number of benzene rings is 1. The van der Waals surface area contributed by atoms with Crippen molar-refractivity contribution in [2.75, 3.05) is 7.11 Å². The van der Waals surface area contributed by atoms with Crippen molar-refractivity contribution in [3.05, 3.63) is 38.5 Å². The third kappa shape index (κ3) is 2.67. The number of esters is 1. The second kappa shape index (κ2) is 6.04. The fraction of sp³-hybridized carbons (Fsp3) is 0.333. The Morgan fingerprint density at radius 3 is 2.59 bits per heavy atom. The lowest BCUT2D eigenvalue weighted by Crippen LogP contribution is -2.46. The summed E-state index contributed by atoms with van der Waals surface area (Å²) in [7, 11) is 1.26. The molecule has 0 fully saturated rings. The first kappa shape index (κ1) is 17.0. The minimum Gasteiger partial charge on any atom is -0.515 e. The highest BCUT2D eigenvalue weighted by Crippen LogP contribution is 2.43. The van der Waals surface area contributed by atoms with Gasteiger partial charge in [0.15, 0.2) is 5.78 Å². The van der Waals surface area contributed by atoms with Crippen LogP contribution in [0.5, 0.6) is 5.75 Å². The molecule has 5 nitrogen and oxygen atoms in total. The fourth-order valence-corrected chi connectivity index (χ4v) is 3.66. The van der Waals surface area contributed by atoms with Crippen molar-refractivity contribution in [1.29, 1.82) is 0 Å². The highest BCUT2D eigenvalue weighted by molar-refractivity contribution is 9.11. The first-order chi connectivity index (χ1) is 10.2. The van der Waals surface area contributed by atoms with Gasteiger partial charge in [0.25, 0.3) is 0 Å². The van der Waals surface area contributed by atoms with Crippen LogP contribution in [0.4, 0.5) is 0 Å². The van der Waals surface area contributed by atoms with Crippen LogP contribution < -0.4 is 4.74 Å². The van der Waals surface area contributed by atoms with Gasteiger partial charge in [0.2, 0.25) is 0 Å². The molecule has 1 unspecified atom stereocenters. The predicted molar refractivity (Wildman–Crippen MR) is 87.1 cm³/mol. The van der Waals surface area contributed by atoms with E-state index in [-0.39, 0.29) is 5.57 Å². The van der Waals surface area contributed by atoms with Crippen LogP contribution in [0.1, 0.15) is 24.2 Å². The zero-order chi connectivity index (χ0) is 16.7. The van der Waals surface area contributed by atoms with E-state index >= 15 is 0 Å². The van der Waals surface area contributed by atoms with Crippen LogP contribution in [0.25, 0.3) is 0 Å². The Hall–Kier alpha value is -1.34. The molecular weight excluding hydrogens is 420 g/mol. The molecule has 1 aromatic carbocycles. The number of hydrogen-bond donors (Lipinski definition) is 1. The normalized spacial score (nSPS) is 19.6. The summed E-state index contributed by atoms with van der Waals surface area (Å²) in [4.78, 5) is 24.6. The summed E-state index contributed by atoms with van der Waals surface area (Å²) >= 11 is 6.65. The smallest absolute Gasteiger partial charge is 0.315 e. The zero-order valence-electron chi connectivity index (χ0n) is 12.1. The first-order valence-corrected chi connectivity index (χ1v) is 7.95. The molecule has 0 saturated heterocycles. The highest BCUT2D eigenvalue weighted by Gasteiger charge is 2.47. The van der Waals surface area contributed by atoms with Crippen molar-refractivity contribution in [2.45, 2.75) is 20.0 Å². The van der Waals surface area contributed by atoms with Gasteiger partial charge in [-0.2, -0.15) is 0 Å². The molecular formula is C15H14Br2O5. The van der Waals surface area contributed by atoms with E-state index in [0.717, 1.165) is 0 Å². The molecule has 22 heavy (non-hydrogen) atoms. The highest BCUT2D eigenvalue weighted by atomic mass is 79.9. The summed E-state index contributed by atoms with van der Waals surface area (Å²) in [5.74, 6) is -0.602. The Balaban J connectivity index is 2.61. The minimum absolute atomic E-state index is 0.00731. The van der Waals surface area contributed by atoms with Gasteiger partial charge in [-0.25, -0.2) is 0 Å². The molecule has 0 spiro atoms. The molecule has 7 heteroatoms. The summed E-state index contributed by atoms with van der Waals surface area (Å²) in [5.41, 5.74) is -0.838. The summed E-state index contributed by atoms with van der Waals surface area (Å²) in [6.45, 7) is 3.19. The Kier molecular flexibility index (Phi) is 4.67. The van der Waals surface area contributed by atoms with Crippen molar-refractivity contribution >= 4 is 43.6 Å². The second-order valence-electron chi connectivity index (χ2n) is 5.39. The quantitative estimate of drug-likeness (QED) is 0.436. The van der Waals surface area contributed by atoms with Crippen molar-refractivity contribution in [2.24, 2.45) is 5.41 Å². The monoisotopic (exact) mass is 432 g/mol. The number of carbonyl (C=O) groups is 2. The van der Waals surface area contributed by atoms with Crippen LogP contribution >= 0.6 is 31.9 Å². The summed E-state index contributed by atoms with van der Waals surface area (Å²) in [6.07, 6.45) is -0.266. The number of rotatable bonds is 2. The van der Waals surface area contributed by atoms with E-state index in [9.17, 15) is 14.7 Å². The van der Waals surface area contributed by atoms with Gasteiger partial charge < -0.3 is 14.6 Å². The maximum atomic E-state index is 12.6. The topological polar surface area (TPSA) is 72.8 Å².